The summed E-state index contributed by atoms with van der Waals surface area (Å²) < 4.78 is 1.53. The number of nitrogens with zero attached hydrogens (tertiary/aromatic N) is 4. The molecule has 2 N–H and O–H groups in total. The number of carbonyl (C=O) groups is 1. The van der Waals surface area contributed by atoms with Gasteiger partial charge in [0.05, 0.1) is 12.2 Å². The SMILES string of the molecule is CC(NC(=O)C1CCc2ncncc2C1)c1nn(C)cc1O. The summed E-state index contributed by atoms with van der Waals surface area (Å²) in [5.74, 6) is -0.0171. The molecule has 0 aliphatic heterocycles. The van der Waals surface area contributed by atoms with Gasteiger partial charge in [-0.05, 0) is 31.7 Å². The first-order valence-corrected chi connectivity index (χ1v) is 7.35. The topological polar surface area (TPSA) is 92.9 Å². The van der Waals surface area contributed by atoms with Gasteiger partial charge in [-0.15, -0.1) is 0 Å². The molecule has 2 unspecified atom stereocenters. The number of hydrogen-bond donors (Lipinski definition) is 2. The Morgan fingerprint density at radius 1 is 1.55 bits per heavy atom. The molecule has 2 aromatic rings. The zero-order valence-electron chi connectivity index (χ0n) is 12.7. The maximum atomic E-state index is 12.4. The van der Waals surface area contributed by atoms with E-state index in [0.717, 1.165) is 24.1 Å². The fraction of sp³-hybridized carbons (Fsp3) is 0.467. The van der Waals surface area contributed by atoms with Gasteiger partial charge >= 0.3 is 0 Å². The molecule has 1 amide bonds. The van der Waals surface area contributed by atoms with Crippen molar-refractivity contribution in [2.75, 3.05) is 0 Å². The molecule has 2 heterocycles. The standard InChI is InChI=1S/C15H19N5O2/c1-9(14-13(21)7-20(2)19-14)18-15(22)10-3-4-12-11(5-10)6-16-8-17-12/h6-10,21H,3-5H2,1-2H3,(H,18,22). The molecule has 0 radical (unpaired) electrons. The van der Waals surface area contributed by atoms with Crippen LogP contribution in [0.1, 0.15) is 36.3 Å². The molecule has 0 aromatic carbocycles. The number of aromatic nitrogens is 4. The van der Waals surface area contributed by atoms with Crippen LogP contribution in [-0.2, 0) is 24.7 Å². The van der Waals surface area contributed by atoms with Crippen molar-refractivity contribution in [1.82, 2.24) is 25.1 Å². The lowest BCUT2D eigenvalue weighted by Gasteiger charge is -2.24. The minimum Gasteiger partial charge on any atom is -0.504 e. The van der Waals surface area contributed by atoms with Crippen molar-refractivity contribution in [2.24, 2.45) is 13.0 Å². The van der Waals surface area contributed by atoms with E-state index in [9.17, 15) is 9.90 Å². The fourth-order valence-electron chi connectivity index (χ4n) is 2.88. The van der Waals surface area contributed by atoms with Crippen molar-refractivity contribution in [3.63, 3.8) is 0 Å². The smallest absolute Gasteiger partial charge is 0.223 e. The Hall–Kier alpha value is -2.44. The van der Waals surface area contributed by atoms with E-state index in [0.29, 0.717) is 12.1 Å². The van der Waals surface area contributed by atoms with Gasteiger partial charge in [0.1, 0.15) is 12.0 Å². The van der Waals surface area contributed by atoms with E-state index in [1.54, 1.807) is 19.6 Å². The Balaban J connectivity index is 1.67. The summed E-state index contributed by atoms with van der Waals surface area (Å²) >= 11 is 0. The van der Waals surface area contributed by atoms with Crippen LogP contribution in [0.15, 0.2) is 18.7 Å². The molecule has 0 saturated carbocycles. The third kappa shape index (κ3) is 2.79. The van der Waals surface area contributed by atoms with Gasteiger partial charge in [-0.1, -0.05) is 0 Å². The van der Waals surface area contributed by atoms with Crippen LogP contribution < -0.4 is 5.32 Å². The second-order valence-corrected chi connectivity index (χ2v) is 5.74. The second kappa shape index (κ2) is 5.75. The van der Waals surface area contributed by atoms with Crippen LogP contribution in [0.2, 0.25) is 0 Å². The molecule has 7 heteroatoms. The van der Waals surface area contributed by atoms with Gasteiger partial charge in [0.25, 0.3) is 0 Å². The lowest BCUT2D eigenvalue weighted by Crippen LogP contribution is -2.36. The molecule has 1 aliphatic carbocycles. The van der Waals surface area contributed by atoms with Crippen LogP contribution in [0.5, 0.6) is 5.75 Å². The molecule has 116 valence electrons. The number of fused-ring (bicyclic) bond motifs is 1. The maximum absolute atomic E-state index is 12.4. The summed E-state index contributed by atoms with van der Waals surface area (Å²) in [7, 11) is 1.73. The number of nitrogens with one attached hydrogen (secondary N) is 1. The van der Waals surface area contributed by atoms with E-state index in [1.165, 1.54) is 10.9 Å². The second-order valence-electron chi connectivity index (χ2n) is 5.74. The van der Waals surface area contributed by atoms with E-state index in [-0.39, 0.29) is 23.6 Å². The van der Waals surface area contributed by atoms with E-state index in [1.807, 2.05) is 6.92 Å². The normalized spacial score (nSPS) is 18.5. The third-order valence-corrected chi connectivity index (χ3v) is 4.05. The predicted molar refractivity (Wildman–Crippen MR) is 79.0 cm³/mol. The number of amides is 1. The van der Waals surface area contributed by atoms with Gasteiger partial charge in [0.2, 0.25) is 5.91 Å². The van der Waals surface area contributed by atoms with Crippen LogP contribution in [0.25, 0.3) is 0 Å². The quantitative estimate of drug-likeness (QED) is 0.878. The van der Waals surface area contributed by atoms with Gasteiger partial charge in [-0.3, -0.25) is 9.48 Å². The zero-order valence-corrected chi connectivity index (χ0v) is 12.7. The van der Waals surface area contributed by atoms with Crippen LogP contribution in [0, 0.1) is 5.92 Å². The van der Waals surface area contributed by atoms with Crippen LogP contribution >= 0.6 is 0 Å². The van der Waals surface area contributed by atoms with Crippen molar-refractivity contribution >= 4 is 5.91 Å². The van der Waals surface area contributed by atoms with E-state index < -0.39 is 0 Å². The van der Waals surface area contributed by atoms with Crippen LogP contribution in [-0.4, -0.2) is 30.8 Å². The number of hydrogen-bond acceptors (Lipinski definition) is 5. The molecule has 0 bridgehead atoms. The first-order valence-electron chi connectivity index (χ1n) is 7.35. The minimum atomic E-state index is -0.331. The molecular weight excluding hydrogens is 282 g/mol. The van der Waals surface area contributed by atoms with Crippen LogP contribution in [0.4, 0.5) is 0 Å². The average Bonchev–Trinajstić information content (AvgIpc) is 2.85. The molecular formula is C15H19N5O2. The van der Waals surface area contributed by atoms with Crippen molar-refractivity contribution < 1.29 is 9.90 Å². The maximum Gasteiger partial charge on any atom is 0.223 e. The van der Waals surface area contributed by atoms with Crippen molar-refractivity contribution in [2.45, 2.75) is 32.2 Å². The van der Waals surface area contributed by atoms with E-state index in [2.05, 4.69) is 20.4 Å². The zero-order chi connectivity index (χ0) is 15.7. The number of aromatic hydroxyl groups is 1. The predicted octanol–water partition coefficient (Wildman–Crippen LogP) is 0.898. The molecule has 22 heavy (non-hydrogen) atoms. The average molecular weight is 301 g/mol. The first kappa shape index (κ1) is 14.5. The number of carbonyl (C=O) groups excluding carboxylic acids is 1. The molecule has 0 saturated heterocycles. The number of aryl methyl sites for hydroxylation is 2. The highest BCUT2D eigenvalue weighted by atomic mass is 16.3. The Morgan fingerprint density at radius 3 is 3.09 bits per heavy atom. The Morgan fingerprint density at radius 2 is 2.36 bits per heavy atom. The highest BCUT2D eigenvalue weighted by molar-refractivity contribution is 5.79. The van der Waals surface area contributed by atoms with Crippen LogP contribution in [0.3, 0.4) is 0 Å². The summed E-state index contributed by atoms with van der Waals surface area (Å²) in [4.78, 5) is 20.7. The summed E-state index contributed by atoms with van der Waals surface area (Å²) in [6.45, 7) is 1.82. The molecule has 1 aliphatic rings. The summed E-state index contributed by atoms with van der Waals surface area (Å²) in [6.07, 6.45) is 7.08. The Labute approximate surface area is 128 Å². The Kier molecular flexibility index (Phi) is 3.79. The van der Waals surface area contributed by atoms with Gasteiger partial charge in [0, 0.05) is 24.9 Å². The summed E-state index contributed by atoms with van der Waals surface area (Å²) in [5, 5.41) is 16.9. The lowest BCUT2D eigenvalue weighted by molar-refractivity contribution is -0.126. The van der Waals surface area contributed by atoms with E-state index in [4.69, 9.17) is 0 Å². The minimum absolute atomic E-state index is 0.0212. The molecule has 3 rings (SSSR count). The van der Waals surface area contributed by atoms with Gasteiger partial charge in [-0.2, -0.15) is 5.10 Å². The first-order chi connectivity index (χ1) is 10.5. The van der Waals surface area contributed by atoms with Crippen molar-refractivity contribution in [3.8, 4) is 5.75 Å². The lowest BCUT2D eigenvalue weighted by atomic mass is 9.86. The largest absolute Gasteiger partial charge is 0.504 e. The van der Waals surface area contributed by atoms with Crippen molar-refractivity contribution in [1.29, 1.82) is 0 Å². The van der Waals surface area contributed by atoms with Gasteiger partial charge < -0.3 is 10.4 Å². The number of rotatable bonds is 3. The summed E-state index contributed by atoms with van der Waals surface area (Å²) in [6, 6.07) is -0.331. The Bertz CT molecular complexity index is 697. The molecule has 0 fully saturated rings. The van der Waals surface area contributed by atoms with Crippen molar-refractivity contribution in [3.05, 3.63) is 35.7 Å². The highest BCUT2D eigenvalue weighted by Crippen LogP contribution is 2.26. The molecule has 0 spiro atoms. The monoisotopic (exact) mass is 301 g/mol. The third-order valence-electron chi connectivity index (χ3n) is 4.05. The fourth-order valence-corrected chi connectivity index (χ4v) is 2.88. The molecule has 2 atom stereocenters. The highest BCUT2D eigenvalue weighted by Gasteiger charge is 2.27. The molecule has 7 nitrogen and oxygen atoms in total. The molecule has 2 aromatic heterocycles. The van der Waals surface area contributed by atoms with Gasteiger partial charge in [-0.25, -0.2) is 9.97 Å². The van der Waals surface area contributed by atoms with Gasteiger partial charge in [0.15, 0.2) is 5.75 Å². The van der Waals surface area contributed by atoms with E-state index >= 15 is 0 Å². The summed E-state index contributed by atoms with van der Waals surface area (Å²) in [5.41, 5.74) is 2.56.